The summed E-state index contributed by atoms with van der Waals surface area (Å²) in [7, 11) is 0. The van der Waals surface area contributed by atoms with Gasteiger partial charge in [0.2, 0.25) is 0 Å². The zero-order valence-electron chi connectivity index (χ0n) is 14.3. The fourth-order valence-corrected chi connectivity index (χ4v) is 3.26. The van der Waals surface area contributed by atoms with E-state index in [2.05, 4.69) is 0 Å². The number of hydrogen-bond donors (Lipinski definition) is 0. The average molecular weight is 330 g/mol. The van der Waals surface area contributed by atoms with Gasteiger partial charge in [-0.1, -0.05) is 0 Å². The van der Waals surface area contributed by atoms with Crippen molar-refractivity contribution in [1.29, 1.82) is 0 Å². The first-order chi connectivity index (χ1) is 11.5. The quantitative estimate of drug-likeness (QED) is 0.635. The summed E-state index contributed by atoms with van der Waals surface area (Å²) in [5.74, 6) is 0.172. The first-order valence-electron chi connectivity index (χ1n) is 8.43. The van der Waals surface area contributed by atoms with Crippen molar-refractivity contribution in [3.05, 3.63) is 39.2 Å². The Bertz CT molecular complexity index is 834. The largest absolute Gasteiger partial charge is 0.478 e. The lowest BCUT2D eigenvalue weighted by Gasteiger charge is -2.20. The van der Waals surface area contributed by atoms with E-state index in [1.807, 2.05) is 19.1 Å². The van der Waals surface area contributed by atoms with E-state index in [0.717, 1.165) is 47.8 Å². The maximum Gasteiger partial charge on any atom is 0.347 e. The molecule has 0 N–H and O–H groups in total. The van der Waals surface area contributed by atoms with Gasteiger partial charge in [0.1, 0.15) is 11.3 Å². The highest BCUT2D eigenvalue weighted by molar-refractivity contribution is 5.89. The Morgan fingerprint density at radius 2 is 1.96 bits per heavy atom. The van der Waals surface area contributed by atoms with Crippen LogP contribution in [0, 0.1) is 6.92 Å². The van der Waals surface area contributed by atoms with Gasteiger partial charge in [0.15, 0.2) is 6.10 Å². The van der Waals surface area contributed by atoms with Crippen LogP contribution in [0.3, 0.4) is 0 Å². The molecule has 0 aliphatic heterocycles. The van der Waals surface area contributed by atoms with E-state index in [1.165, 1.54) is 0 Å². The monoisotopic (exact) mass is 330 g/mol. The molecule has 0 saturated carbocycles. The summed E-state index contributed by atoms with van der Waals surface area (Å²) in [6, 6.07) is 3.72. The summed E-state index contributed by atoms with van der Waals surface area (Å²) in [6.07, 6.45) is 2.86. The zero-order valence-corrected chi connectivity index (χ0v) is 14.3. The Morgan fingerprint density at radius 3 is 2.67 bits per heavy atom. The van der Waals surface area contributed by atoms with Gasteiger partial charge in [0, 0.05) is 5.56 Å². The molecule has 0 unspecified atom stereocenters. The summed E-state index contributed by atoms with van der Waals surface area (Å²) in [5, 5.41) is 0.811. The number of fused-ring (bicyclic) bond motifs is 3. The van der Waals surface area contributed by atoms with E-state index < -0.39 is 12.1 Å². The minimum Gasteiger partial charge on any atom is -0.478 e. The molecule has 1 aliphatic carbocycles. The highest BCUT2D eigenvalue weighted by Gasteiger charge is 2.23. The Kier molecular flexibility index (Phi) is 4.60. The van der Waals surface area contributed by atoms with Crippen molar-refractivity contribution in [3.8, 4) is 5.75 Å². The molecule has 2 aromatic rings. The van der Waals surface area contributed by atoms with Crippen LogP contribution in [-0.2, 0) is 22.4 Å². The van der Waals surface area contributed by atoms with E-state index in [4.69, 9.17) is 13.9 Å². The standard InChI is InChI=1S/C19H22O5/c1-4-22-18(20)12(3)23-15-9-11(2)10-16-17(15)13-7-5-6-8-14(13)19(21)24-16/h9-10,12H,4-8H2,1-3H3/t12-/m1/s1. The van der Waals surface area contributed by atoms with E-state index in [1.54, 1.807) is 13.8 Å². The number of carbonyl (C=O) groups excluding carboxylic acids is 1. The Labute approximate surface area is 140 Å². The first kappa shape index (κ1) is 16.6. The molecular formula is C19H22O5. The van der Waals surface area contributed by atoms with Crippen LogP contribution in [0.1, 0.15) is 43.4 Å². The fraction of sp³-hybridized carbons (Fsp3) is 0.474. The lowest BCUT2D eigenvalue weighted by Crippen LogP contribution is -2.26. The van der Waals surface area contributed by atoms with E-state index >= 15 is 0 Å². The van der Waals surface area contributed by atoms with Crippen molar-refractivity contribution < 1.29 is 18.7 Å². The molecule has 0 spiro atoms. The normalized spacial score (nSPS) is 15.0. The molecule has 0 bridgehead atoms. The van der Waals surface area contributed by atoms with Crippen LogP contribution in [0.4, 0.5) is 0 Å². The molecule has 1 aliphatic rings. The molecule has 1 heterocycles. The van der Waals surface area contributed by atoms with Crippen LogP contribution >= 0.6 is 0 Å². The van der Waals surface area contributed by atoms with Crippen LogP contribution in [0.2, 0.25) is 0 Å². The van der Waals surface area contributed by atoms with Crippen LogP contribution in [0.25, 0.3) is 11.0 Å². The second kappa shape index (κ2) is 6.67. The minimum absolute atomic E-state index is 0.257. The highest BCUT2D eigenvalue weighted by atomic mass is 16.6. The number of benzene rings is 1. The van der Waals surface area contributed by atoms with E-state index in [0.29, 0.717) is 17.9 Å². The van der Waals surface area contributed by atoms with Gasteiger partial charge in [0.05, 0.1) is 12.0 Å². The molecule has 1 aromatic carbocycles. The molecule has 0 amide bonds. The van der Waals surface area contributed by atoms with Gasteiger partial charge in [-0.2, -0.15) is 0 Å². The number of ether oxygens (including phenoxy) is 2. The van der Waals surface area contributed by atoms with Crippen molar-refractivity contribution in [2.75, 3.05) is 6.61 Å². The van der Waals surface area contributed by atoms with E-state index in [9.17, 15) is 9.59 Å². The van der Waals surface area contributed by atoms with Crippen molar-refractivity contribution in [2.24, 2.45) is 0 Å². The molecule has 0 radical (unpaired) electrons. The van der Waals surface area contributed by atoms with Crippen LogP contribution < -0.4 is 10.4 Å². The minimum atomic E-state index is -0.721. The third kappa shape index (κ3) is 3.03. The summed E-state index contributed by atoms with van der Waals surface area (Å²) >= 11 is 0. The molecule has 24 heavy (non-hydrogen) atoms. The number of hydrogen-bond acceptors (Lipinski definition) is 5. The predicted molar refractivity (Wildman–Crippen MR) is 90.6 cm³/mol. The zero-order chi connectivity index (χ0) is 17.3. The lowest BCUT2D eigenvalue weighted by molar-refractivity contribution is -0.150. The number of rotatable bonds is 4. The Morgan fingerprint density at radius 1 is 1.25 bits per heavy atom. The van der Waals surface area contributed by atoms with Gasteiger partial charge < -0.3 is 13.9 Å². The summed E-state index contributed by atoms with van der Waals surface area (Å²) in [5.41, 5.74) is 2.91. The topological polar surface area (TPSA) is 65.7 Å². The third-order valence-corrected chi connectivity index (χ3v) is 4.35. The molecule has 0 saturated heterocycles. The molecule has 1 aromatic heterocycles. The van der Waals surface area contributed by atoms with Crippen molar-refractivity contribution in [2.45, 2.75) is 52.6 Å². The Hall–Kier alpha value is -2.30. The van der Waals surface area contributed by atoms with Crippen molar-refractivity contribution in [1.82, 2.24) is 0 Å². The van der Waals surface area contributed by atoms with Crippen LogP contribution in [-0.4, -0.2) is 18.7 Å². The maximum absolute atomic E-state index is 12.2. The van der Waals surface area contributed by atoms with Gasteiger partial charge in [0.25, 0.3) is 0 Å². The van der Waals surface area contributed by atoms with Gasteiger partial charge in [-0.3, -0.25) is 0 Å². The van der Waals surface area contributed by atoms with Gasteiger partial charge >= 0.3 is 11.6 Å². The highest BCUT2D eigenvalue weighted by Crippen LogP contribution is 2.35. The Balaban J connectivity index is 2.13. The van der Waals surface area contributed by atoms with Gasteiger partial charge in [-0.25, -0.2) is 9.59 Å². The molecule has 3 rings (SSSR count). The second-order valence-electron chi connectivity index (χ2n) is 6.20. The molecule has 0 fully saturated rings. The molecule has 1 atom stereocenters. The van der Waals surface area contributed by atoms with Crippen molar-refractivity contribution >= 4 is 16.9 Å². The first-order valence-corrected chi connectivity index (χ1v) is 8.43. The fourth-order valence-electron chi connectivity index (χ4n) is 3.26. The summed E-state index contributed by atoms with van der Waals surface area (Å²) < 4.78 is 16.4. The van der Waals surface area contributed by atoms with Gasteiger partial charge in [-0.05, 0) is 69.7 Å². The van der Waals surface area contributed by atoms with Crippen LogP contribution in [0.5, 0.6) is 5.75 Å². The lowest BCUT2D eigenvalue weighted by atomic mass is 9.90. The maximum atomic E-state index is 12.2. The number of carbonyl (C=O) groups is 1. The summed E-state index contributed by atoms with van der Waals surface area (Å²) in [6.45, 7) is 5.64. The van der Waals surface area contributed by atoms with Gasteiger partial charge in [-0.15, -0.1) is 0 Å². The third-order valence-electron chi connectivity index (χ3n) is 4.35. The molecule has 128 valence electrons. The SMILES string of the molecule is CCOC(=O)[C@@H](C)Oc1cc(C)cc2oc(=O)c3c(c12)CCCC3. The molecule has 5 heteroatoms. The average Bonchev–Trinajstić information content (AvgIpc) is 2.54. The number of esters is 1. The van der Waals surface area contributed by atoms with E-state index in [-0.39, 0.29) is 5.63 Å². The second-order valence-corrected chi connectivity index (χ2v) is 6.20. The van der Waals surface area contributed by atoms with Crippen molar-refractivity contribution in [3.63, 3.8) is 0 Å². The van der Waals surface area contributed by atoms with Crippen LogP contribution in [0.15, 0.2) is 21.3 Å². The summed E-state index contributed by atoms with van der Waals surface area (Å²) in [4.78, 5) is 24.1. The smallest absolute Gasteiger partial charge is 0.347 e. The predicted octanol–water partition coefficient (Wildman–Crippen LogP) is 3.31. The molecular weight excluding hydrogens is 308 g/mol. The number of aryl methyl sites for hydroxylation is 2. The molecule has 5 nitrogen and oxygen atoms in total.